The molecule has 0 bridgehead atoms. The summed E-state index contributed by atoms with van der Waals surface area (Å²) in [4.78, 5) is 37.3. The van der Waals surface area contributed by atoms with Crippen LogP contribution in [0.5, 0.6) is 0 Å². The molecule has 0 saturated heterocycles. The minimum absolute atomic E-state index is 0.00319. The molecule has 1 heterocycles. The van der Waals surface area contributed by atoms with Crippen LogP contribution in [0.4, 0.5) is 5.69 Å². The maximum absolute atomic E-state index is 11.8. The average molecular weight is 277 g/mol. The third kappa shape index (κ3) is 2.28. The van der Waals surface area contributed by atoms with Crippen molar-refractivity contribution in [3.8, 4) is 5.69 Å². The number of aromatic nitrogens is 3. The van der Waals surface area contributed by atoms with Gasteiger partial charge in [-0.05, 0) is 6.07 Å². The second-order valence-electron chi connectivity index (χ2n) is 4.14. The normalized spacial score (nSPS) is 10.3. The number of aromatic amines is 1. The molecule has 104 valence electrons. The van der Waals surface area contributed by atoms with Crippen LogP contribution in [-0.2, 0) is 0 Å². The molecule has 2 aromatic rings. The molecule has 0 aliphatic rings. The Morgan fingerprint density at radius 2 is 2.05 bits per heavy atom. The molecular formula is C11H11N5O4. The standard InChI is InChI=1S/C11H11N5O4/c1-14(2)10(17)9-12-11(18)15(13-9)7-5-3-4-6-8(7)16(19)20/h3-6H,1-2H3,(H,12,13,18). The smallest absolute Gasteiger partial charge is 0.342 e. The number of carbonyl (C=O) groups excluding carboxylic acids is 1. The van der Waals surface area contributed by atoms with Crippen molar-refractivity contribution >= 4 is 11.6 Å². The number of carbonyl (C=O) groups is 1. The van der Waals surface area contributed by atoms with Crippen LogP contribution in [0, 0.1) is 10.1 Å². The van der Waals surface area contributed by atoms with Crippen LogP contribution in [0.1, 0.15) is 10.6 Å². The molecule has 0 aliphatic heterocycles. The molecule has 9 heteroatoms. The zero-order valence-electron chi connectivity index (χ0n) is 10.7. The first-order chi connectivity index (χ1) is 9.41. The largest absolute Gasteiger partial charge is 0.348 e. The van der Waals surface area contributed by atoms with Gasteiger partial charge < -0.3 is 4.90 Å². The van der Waals surface area contributed by atoms with Crippen molar-refractivity contribution in [1.82, 2.24) is 19.7 Å². The van der Waals surface area contributed by atoms with Gasteiger partial charge >= 0.3 is 5.69 Å². The van der Waals surface area contributed by atoms with Crippen molar-refractivity contribution in [2.45, 2.75) is 0 Å². The number of para-hydroxylation sites is 2. The summed E-state index contributed by atoms with van der Waals surface area (Å²) in [7, 11) is 3.01. The van der Waals surface area contributed by atoms with Gasteiger partial charge in [-0.25, -0.2) is 4.79 Å². The van der Waals surface area contributed by atoms with Gasteiger partial charge in [0.25, 0.3) is 11.6 Å². The molecule has 2 rings (SSSR count). The highest BCUT2D eigenvalue weighted by molar-refractivity contribution is 5.89. The first kappa shape index (κ1) is 13.5. The zero-order chi connectivity index (χ0) is 14.9. The molecule has 1 amide bonds. The van der Waals surface area contributed by atoms with Gasteiger partial charge in [0, 0.05) is 20.2 Å². The van der Waals surface area contributed by atoms with Crippen molar-refractivity contribution in [3.63, 3.8) is 0 Å². The van der Waals surface area contributed by atoms with Crippen LogP contribution >= 0.6 is 0 Å². The van der Waals surface area contributed by atoms with E-state index in [0.29, 0.717) is 0 Å². The Bertz CT molecular complexity index is 730. The minimum Gasteiger partial charge on any atom is -0.342 e. The fourth-order valence-electron chi connectivity index (χ4n) is 1.59. The van der Waals surface area contributed by atoms with Crippen LogP contribution in [0.3, 0.4) is 0 Å². The molecule has 1 aromatic carbocycles. The monoisotopic (exact) mass is 277 g/mol. The van der Waals surface area contributed by atoms with E-state index >= 15 is 0 Å². The molecular weight excluding hydrogens is 266 g/mol. The van der Waals surface area contributed by atoms with Crippen molar-refractivity contribution in [2.24, 2.45) is 0 Å². The summed E-state index contributed by atoms with van der Waals surface area (Å²) in [5.41, 5.74) is -0.994. The van der Waals surface area contributed by atoms with Crippen LogP contribution in [0.2, 0.25) is 0 Å². The average Bonchev–Trinajstić information content (AvgIpc) is 2.79. The van der Waals surface area contributed by atoms with Crippen molar-refractivity contribution in [3.05, 3.63) is 50.7 Å². The van der Waals surface area contributed by atoms with Gasteiger partial charge in [-0.2, -0.15) is 4.68 Å². The van der Waals surface area contributed by atoms with Crippen LogP contribution < -0.4 is 5.69 Å². The molecule has 0 aliphatic carbocycles. The van der Waals surface area contributed by atoms with E-state index in [1.807, 2.05) is 0 Å². The highest BCUT2D eigenvalue weighted by atomic mass is 16.6. The molecule has 20 heavy (non-hydrogen) atoms. The summed E-state index contributed by atoms with van der Waals surface area (Å²) in [6.07, 6.45) is 0. The lowest BCUT2D eigenvalue weighted by Crippen LogP contribution is -2.23. The van der Waals surface area contributed by atoms with E-state index in [-0.39, 0.29) is 17.2 Å². The summed E-state index contributed by atoms with van der Waals surface area (Å²) >= 11 is 0. The lowest BCUT2D eigenvalue weighted by atomic mass is 10.3. The number of nitrogens with zero attached hydrogens (tertiary/aromatic N) is 4. The number of nitro benzene ring substituents is 1. The Hall–Kier alpha value is -2.97. The fraction of sp³-hybridized carbons (Fsp3) is 0.182. The molecule has 9 nitrogen and oxygen atoms in total. The first-order valence-electron chi connectivity index (χ1n) is 5.56. The van der Waals surface area contributed by atoms with Gasteiger partial charge in [-0.3, -0.25) is 19.9 Å². The van der Waals surface area contributed by atoms with E-state index in [2.05, 4.69) is 10.1 Å². The third-order valence-electron chi connectivity index (χ3n) is 2.53. The number of benzene rings is 1. The molecule has 0 unspecified atom stereocenters. The Morgan fingerprint density at radius 1 is 1.40 bits per heavy atom. The fourth-order valence-corrected chi connectivity index (χ4v) is 1.59. The Kier molecular flexibility index (Phi) is 3.34. The third-order valence-corrected chi connectivity index (χ3v) is 2.53. The van der Waals surface area contributed by atoms with Gasteiger partial charge in [0.05, 0.1) is 4.92 Å². The van der Waals surface area contributed by atoms with Gasteiger partial charge in [-0.1, -0.05) is 12.1 Å². The number of hydrogen-bond acceptors (Lipinski definition) is 5. The quantitative estimate of drug-likeness (QED) is 0.634. The van der Waals surface area contributed by atoms with Gasteiger partial charge in [0.1, 0.15) is 5.69 Å². The summed E-state index contributed by atoms with van der Waals surface area (Å²) in [6.45, 7) is 0. The molecule has 1 N–H and O–H groups in total. The number of amides is 1. The van der Waals surface area contributed by atoms with Crippen LogP contribution in [-0.4, -0.2) is 44.6 Å². The van der Waals surface area contributed by atoms with Crippen LogP contribution in [0.25, 0.3) is 5.69 Å². The number of rotatable bonds is 3. The molecule has 0 saturated carbocycles. The maximum Gasteiger partial charge on any atom is 0.348 e. The van der Waals surface area contributed by atoms with E-state index in [1.54, 1.807) is 0 Å². The Balaban J connectivity index is 2.58. The summed E-state index contributed by atoms with van der Waals surface area (Å²) in [5, 5.41) is 14.7. The number of hydrogen-bond donors (Lipinski definition) is 1. The van der Waals surface area contributed by atoms with Gasteiger partial charge in [-0.15, -0.1) is 5.10 Å². The summed E-state index contributed by atoms with van der Waals surface area (Å²) in [5.74, 6) is -0.683. The van der Waals surface area contributed by atoms with E-state index in [0.717, 1.165) is 4.68 Å². The highest BCUT2D eigenvalue weighted by Crippen LogP contribution is 2.19. The SMILES string of the molecule is CN(C)C(=O)c1nn(-c2ccccc2[N+](=O)[O-])c(=O)[nH]1. The predicted octanol–water partition coefficient (Wildman–Crippen LogP) is 0.171. The highest BCUT2D eigenvalue weighted by Gasteiger charge is 2.20. The first-order valence-corrected chi connectivity index (χ1v) is 5.56. The Morgan fingerprint density at radius 3 is 2.65 bits per heavy atom. The summed E-state index contributed by atoms with van der Waals surface area (Å²) in [6, 6.07) is 5.65. The molecule has 1 aromatic heterocycles. The van der Waals surface area contributed by atoms with E-state index in [9.17, 15) is 19.7 Å². The Labute approximate surface area is 112 Å². The topological polar surface area (TPSA) is 114 Å². The molecule has 0 atom stereocenters. The lowest BCUT2D eigenvalue weighted by Gasteiger charge is -2.06. The molecule has 0 fully saturated rings. The van der Waals surface area contributed by atoms with E-state index < -0.39 is 16.5 Å². The van der Waals surface area contributed by atoms with Gasteiger partial charge in [0.2, 0.25) is 5.82 Å². The van der Waals surface area contributed by atoms with E-state index in [1.165, 1.54) is 43.3 Å². The van der Waals surface area contributed by atoms with E-state index in [4.69, 9.17) is 0 Å². The number of nitrogens with one attached hydrogen (secondary N) is 1. The second-order valence-corrected chi connectivity index (χ2v) is 4.14. The maximum atomic E-state index is 11.8. The molecule has 0 spiro atoms. The van der Waals surface area contributed by atoms with Crippen LogP contribution in [0.15, 0.2) is 29.1 Å². The summed E-state index contributed by atoms with van der Waals surface area (Å²) < 4.78 is 0.800. The number of nitro groups is 1. The number of H-pyrrole nitrogens is 1. The van der Waals surface area contributed by atoms with Crippen molar-refractivity contribution in [1.29, 1.82) is 0 Å². The van der Waals surface area contributed by atoms with Crippen molar-refractivity contribution < 1.29 is 9.72 Å². The van der Waals surface area contributed by atoms with Gasteiger partial charge in [0.15, 0.2) is 0 Å². The second kappa shape index (κ2) is 4.96. The lowest BCUT2D eigenvalue weighted by molar-refractivity contribution is -0.384. The molecule has 0 radical (unpaired) electrons. The zero-order valence-corrected chi connectivity index (χ0v) is 10.7. The predicted molar refractivity (Wildman–Crippen MR) is 68.9 cm³/mol. The minimum atomic E-state index is -0.718. The van der Waals surface area contributed by atoms with Crippen molar-refractivity contribution in [2.75, 3.05) is 14.1 Å².